The minimum atomic E-state index is -1.05. The normalized spacial score (nSPS) is 23.2. The smallest absolute Gasteiger partial charge is 0.455 e. The quantitative estimate of drug-likeness (QED) is 0.152. The highest BCUT2D eigenvalue weighted by Gasteiger charge is 2.53. The molecule has 3 aliphatic rings. The van der Waals surface area contributed by atoms with Gasteiger partial charge in [0.25, 0.3) is 0 Å². The highest BCUT2D eigenvalue weighted by molar-refractivity contribution is 14.1. The van der Waals surface area contributed by atoms with Crippen LogP contribution in [0.4, 0.5) is 0 Å². The zero-order valence-electron chi connectivity index (χ0n) is 24.7. The molecule has 3 aromatic carbocycles. The average molecular weight is 704 g/mol. The van der Waals surface area contributed by atoms with E-state index in [-0.39, 0.29) is 36.2 Å². The molecular formula is C35H34BIO7. The fraction of sp³-hybridized carbons (Fsp3) is 0.314. The summed E-state index contributed by atoms with van der Waals surface area (Å²) in [4.78, 5) is 27.7. The van der Waals surface area contributed by atoms with Gasteiger partial charge in [0.15, 0.2) is 23.1 Å². The second-order valence-corrected chi connectivity index (χ2v) is 12.9. The van der Waals surface area contributed by atoms with E-state index in [1.807, 2.05) is 49.4 Å². The van der Waals surface area contributed by atoms with Crippen molar-refractivity contribution in [2.24, 2.45) is 17.8 Å². The van der Waals surface area contributed by atoms with Crippen molar-refractivity contribution >= 4 is 47.4 Å². The van der Waals surface area contributed by atoms with Crippen LogP contribution in [0.2, 0.25) is 6.32 Å². The summed E-state index contributed by atoms with van der Waals surface area (Å²) in [5, 5.41) is 21.2. The maximum atomic E-state index is 14.0. The maximum Gasteiger partial charge on any atom is 0.455 e. The number of halogens is 1. The Bertz CT molecular complexity index is 1650. The molecular weight excluding hydrogens is 670 g/mol. The van der Waals surface area contributed by atoms with E-state index in [0.717, 1.165) is 28.0 Å². The summed E-state index contributed by atoms with van der Waals surface area (Å²) in [7, 11) is 0.481. The Balaban J connectivity index is 1.33. The van der Waals surface area contributed by atoms with Crippen LogP contribution in [-0.4, -0.2) is 48.6 Å². The first kappa shape index (κ1) is 30.6. The number of carbonyl (C=O) groups is 2. The second-order valence-electron chi connectivity index (χ2n) is 11.8. The molecule has 226 valence electrons. The fourth-order valence-electron chi connectivity index (χ4n) is 7.04. The van der Waals surface area contributed by atoms with Crippen LogP contribution in [0.25, 0.3) is 6.08 Å². The van der Waals surface area contributed by atoms with Crippen molar-refractivity contribution in [3.63, 3.8) is 0 Å². The maximum absolute atomic E-state index is 14.0. The van der Waals surface area contributed by atoms with Crippen molar-refractivity contribution in [3.8, 4) is 17.2 Å². The van der Waals surface area contributed by atoms with Gasteiger partial charge in [-0.3, -0.25) is 9.59 Å². The van der Waals surface area contributed by atoms with Crippen LogP contribution in [-0.2, 0) is 4.65 Å². The number of phenols is 1. The minimum absolute atomic E-state index is 0.0169. The number of methoxy groups -OCH3 is 1. The Morgan fingerprint density at radius 2 is 1.75 bits per heavy atom. The standard InChI is InChI=1S/C35H34BIO7/c1-20(14-21-15-28(37)35(40)30(16-21)42-2)12-13-29-31-22(19-43-23-8-4-3-5-9-23)17-26-32(27(31)18-36(41)44-29)34(39)25-11-7-6-10-24(25)33(26)38/h3-11,14-16,26-27,29,32,40-41H,12-13,17-19H2,1-2H3/b20-14+/t26-,27+,29-,32-/m1/s1. The monoisotopic (exact) mass is 704 g/mol. The van der Waals surface area contributed by atoms with Crippen molar-refractivity contribution < 1.29 is 33.8 Å². The molecule has 0 amide bonds. The highest BCUT2D eigenvalue weighted by atomic mass is 127. The Labute approximate surface area is 271 Å². The van der Waals surface area contributed by atoms with Crippen LogP contribution in [0.3, 0.4) is 0 Å². The summed E-state index contributed by atoms with van der Waals surface area (Å²) in [5.41, 5.74) is 4.90. The molecule has 0 bridgehead atoms. The number of phenolic OH excluding ortho intramolecular Hbond substituents is 1. The number of para-hydroxylation sites is 1. The van der Waals surface area contributed by atoms with E-state index in [2.05, 4.69) is 22.6 Å². The summed E-state index contributed by atoms with van der Waals surface area (Å²) in [6.07, 6.45) is 3.54. The van der Waals surface area contributed by atoms with Gasteiger partial charge in [0.2, 0.25) is 0 Å². The molecule has 9 heteroatoms. The first-order valence-corrected chi connectivity index (χ1v) is 16.0. The molecule has 4 atom stereocenters. The Hall–Kier alpha value is -3.41. The molecule has 0 saturated carbocycles. The van der Waals surface area contributed by atoms with Gasteiger partial charge >= 0.3 is 7.12 Å². The Kier molecular flexibility index (Phi) is 8.98. The molecule has 2 aliphatic carbocycles. The van der Waals surface area contributed by atoms with Crippen molar-refractivity contribution in [1.82, 2.24) is 0 Å². The first-order valence-electron chi connectivity index (χ1n) is 14.9. The number of rotatable bonds is 8. The third-order valence-electron chi connectivity index (χ3n) is 9.00. The zero-order chi connectivity index (χ0) is 31.0. The molecule has 1 heterocycles. The van der Waals surface area contributed by atoms with E-state index in [9.17, 15) is 19.7 Å². The highest BCUT2D eigenvalue weighted by Crippen LogP contribution is 2.51. The van der Waals surface area contributed by atoms with Gasteiger partial charge in [-0.25, -0.2) is 0 Å². The molecule has 7 nitrogen and oxygen atoms in total. The van der Waals surface area contributed by atoms with E-state index in [4.69, 9.17) is 14.1 Å². The molecule has 3 aromatic rings. The number of Topliss-reactive ketones (excluding diaryl/α,β-unsaturated/α-hetero) is 2. The lowest BCUT2D eigenvalue weighted by Crippen LogP contribution is -2.51. The second kappa shape index (κ2) is 12.9. The number of hydrogen-bond acceptors (Lipinski definition) is 7. The van der Waals surface area contributed by atoms with E-state index in [0.29, 0.717) is 39.7 Å². The van der Waals surface area contributed by atoms with Gasteiger partial charge in [0.1, 0.15) is 12.4 Å². The molecule has 0 unspecified atom stereocenters. The number of aromatic hydroxyl groups is 1. The van der Waals surface area contributed by atoms with Crippen molar-refractivity contribution in [2.75, 3.05) is 13.7 Å². The van der Waals surface area contributed by atoms with Crippen LogP contribution in [0, 0.1) is 21.3 Å². The molecule has 6 rings (SSSR count). The van der Waals surface area contributed by atoms with Gasteiger partial charge in [-0.15, -0.1) is 0 Å². The number of benzene rings is 3. The van der Waals surface area contributed by atoms with Gasteiger partial charge in [-0.05, 0) is 102 Å². The molecule has 2 N–H and O–H groups in total. The predicted octanol–water partition coefficient (Wildman–Crippen LogP) is 6.78. The lowest BCUT2D eigenvalue weighted by Gasteiger charge is -2.47. The van der Waals surface area contributed by atoms with E-state index in [1.165, 1.54) is 7.11 Å². The van der Waals surface area contributed by atoms with Crippen LogP contribution >= 0.6 is 22.6 Å². The SMILES string of the molecule is COc1cc(/C=C(\C)CC[C@H]2OB(O)C[C@H]3C2=C(COc2ccccc2)C[C@H]2C(=O)c4ccccc4C(=O)[C@H]23)cc(I)c1O. The number of ether oxygens (including phenoxy) is 2. The lowest BCUT2D eigenvalue weighted by molar-refractivity contribution is 0.0592. The molecule has 1 aliphatic heterocycles. The van der Waals surface area contributed by atoms with E-state index >= 15 is 0 Å². The zero-order valence-corrected chi connectivity index (χ0v) is 26.8. The minimum Gasteiger partial charge on any atom is -0.504 e. The first-order chi connectivity index (χ1) is 21.2. The van der Waals surface area contributed by atoms with Gasteiger partial charge in [-0.2, -0.15) is 0 Å². The van der Waals surface area contributed by atoms with E-state index < -0.39 is 25.1 Å². The summed E-state index contributed by atoms with van der Waals surface area (Å²) in [6.45, 7) is 2.31. The van der Waals surface area contributed by atoms with Gasteiger partial charge in [-0.1, -0.05) is 54.1 Å². The number of carbonyl (C=O) groups excluding carboxylic acids is 2. The number of ketones is 2. The molecule has 0 aromatic heterocycles. The van der Waals surface area contributed by atoms with Crippen molar-refractivity contribution in [2.45, 2.75) is 38.6 Å². The molecule has 1 fully saturated rings. The summed E-state index contributed by atoms with van der Waals surface area (Å²) in [6, 6.07) is 20.3. The third kappa shape index (κ3) is 5.97. The van der Waals surface area contributed by atoms with Crippen molar-refractivity contribution in [3.05, 3.63) is 104 Å². The lowest BCUT2D eigenvalue weighted by atomic mass is 9.54. The van der Waals surface area contributed by atoms with Crippen LogP contribution in [0.1, 0.15) is 52.5 Å². The van der Waals surface area contributed by atoms with Crippen LogP contribution < -0.4 is 9.47 Å². The third-order valence-corrected chi connectivity index (χ3v) is 9.83. The topological polar surface area (TPSA) is 102 Å². The molecule has 44 heavy (non-hydrogen) atoms. The van der Waals surface area contributed by atoms with Crippen molar-refractivity contribution in [1.29, 1.82) is 0 Å². The van der Waals surface area contributed by atoms with E-state index in [1.54, 1.807) is 30.3 Å². The Morgan fingerprint density at radius 3 is 2.48 bits per heavy atom. The molecule has 0 radical (unpaired) electrons. The largest absolute Gasteiger partial charge is 0.504 e. The van der Waals surface area contributed by atoms with Gasteiger partial charge in [0.05, 0.1) is 16.8 Å². The van der Waals surface area contributed by atoms with Crippen LogP contribution in [0.5, 0.6) is 17.2 Å². The average Bonchev–Trinajstić information content (AvgIpc) is 3.03. The number of hydrogen-bond donors (Lipinski definition) is 2. The predicted molar refractivity (Wildman–Crippen MR) is 177 cm³/mol. The van der Waals surface area contributed by atoms with Gasteiger partial charge < -0.3 is 24.3 Å². The number of fused-ring (bicyclic) bond motifs is 4. The fourth-order valence-corrected chi connectivity index (χ4v) is 7.66. The summed E-state index contributed by atoms with van der Waals surface area (Å²) in [5.74, 6) is -0.166. The summed E-state index contributed by atoms with van der Waals surface area (Å²) >= 11 is 2.08. The van der Waals surface area contributed by atoms with Gasteiger partial charge in [0, 0.05) is 23.0 Å². The Morgan fingerprint density at radius 1 is 1.05 bits per heavy atom. The molecule has 0 spiro atoms. The molecule has 1 saturated heterocycles. The number of allylic oxidation sites excluding steroid dienone is 1. The summed E-state index contributed by atoms with van der Waals surface area (Å²) < 4.78 is 18.4. The van der Waals surface area contributed by atoms with Crippen LogP contribution in [0.15, 0.2) is 83.4 Å².